The van der Waals surface area contributed by atoms with Crippen molar-refractivity contribution >= 4 is 5.96 Å². The third-order valence-corrected chi connectivity index (χ3v) is 5.09. The predicted molar refractivity (Wildman–Crippen MR) is 110 cm³/mol. The van der Waals surface area contributed by atoms with Crippen LogP contribution in [0.1, 0.15) is 40.2 Å². The zero-order valence-corrected chi connectivity index (χ0v) is 17.1. The Hall–Kier alpha value is -1.59. The molecule has 5 heteroatoms. The lowest BCUT2D eigenvalue weighted by Gasteiger charge is -2.40. The van der Waals surface area contributed by atoms with Gasteiger partial charge in [0.2, 0.25) is 0 Å². The van der Waals surface area contributed by atoms with E-state index in [0.29, 0.717) is 0 Å². The van der Waals surface area contributed by atoms with E-state index < -0.39 is 0 Å². The van der Waals surface area contributed by atoms with Gasteiger partial charge in [0.05, 0.1) is 19.8 Å². The number of aliphatic imine (C=N–C) groups is 1. The Morgan fingerprint density at radius 2 is 1.73 bits per heavy atom. The predicted octanol–water partition coefficient (Wildman–Crippen LogP) is 2.63. The Labute approximate surface area is 159 Å². The molecule has 1 aliphatic rings. The van der Waals surface area contributed by atoms with Crippen molar-refractivity contribution in [1.82, 2.24) is 15.5 Å². The summed E-state index contributed by atoms with van der Waals surface area (Å²) in [6.07, 6.45) is 0. The van der Waals surface area contributed by atoms with Gasteiger partial charge in [-0.05, 0) is 26.3 Å². The molecule has 0 radical (unpaired) electrons. The average Bonchev–Trinajstić information content (AvgIpc) is 2.65. The van der Waals surface area contributed by atoms with Crippen molar-refractivity contribution in [2.75, 3.05) is 45.9 Å². The molecule has 1 aromatic rings. The molecule has 1 fully saturated rings. The molecule has 5 nitrogen and oxygen atoms in total. The summed E-state index contributed by atoms with van der Waals surface area (Å²) in [6.45, 7) is 17.2. The van der Waals surface area contributed by atoms with Gasteiger partial charge in [0.15, 0.2) is 5.96 Å². The van der Waals surface area contributed by atoms with Crippen LogP contribution < -0.4 is 10.6 Å². The quantitative estimate of drug-likeness (QED) is 0.580. The lowest BCUT2D eigenvalue weighted by atomic mass is 9.85. The Morgan fingerprint density at radius 1 is 1.08 bits per heavy atom. The minimum absolute atomic E-state index is 0.0288. The molecule has 1 saturated heterocycles. The highest BCUT2D eigenvalue weighted by molar-refractivity contribution is 5.79. The van der Waals surface area contributed by atoms with Gasteiger partial charge < -0.3 is 15.4 Å². The number of ether oxygens (including phenoxy) is 1. The molecule has 0 aromatic heterocycles. The Balaban J connectivity index is 1.97. The van der Waals surface area contributed by atoms with Gasteiger partial charge in [-0.15, -0.1) is 0 Å². The van der Waals surface area contributed by atoms with Crippen LogP contribution in [0.4, 0.5) is 0 Å². The fourth-order valence-electron chi connectivity index (χ4n) is 3.18. The molecule has 1 aliphatic heterocycles. The lowest BCUT2D eigenvalue weighted by molar-refractivity contribution is -0.00684. The molecule has 2 rings (SSSR count). The average molecular weight is 361 g/mol. The van der Waals surface area contributed by atoms with E-state index in [0.717, 1.165) is 51.9 Å². The summed E-state index contributed by atoms with van der Waals surface area (Å²) < 4.78 is 5.47. The van der Waals surface area contributed by atoms with Gasteiger partial charge in [-0.25, -0.2) is 0 Å². The van der Waals surface area contributed by atoms with E-state index in [1.165, 1.54) is 5.56 Å². The first-order valence-corrected chi connectivity index (χ1v) is 9.76. The summed E-state index contributed by atoms with van der Waals surface area (Å²) in [5.41, 5.74) is 1.40. The van der Waals surface area contributed by atoms with Gasteiger partial charge in [-0.1, -0.05) is 44.2 Å². The van der Waals surface area contributed by atoms with Crippen molar-refractivity contribution in [2.24, 2.45) is 4.99 Å². The fourth-order valence-corrected chi connectivity index (χ4v) is 3.18. The second kappa shape index (κ2) is 9.38. The third kappa shape index (κ3) is 5.99. The molecule has 0 unspecified atom stereocenters. The van der Waals surface area contributed by atoms with Crippen molar-refractivity contribution in [3.8, 4) is 0 Å². The molecule has 0 saturated carbocycles. The number of hydrogen-bond donors (Lipinski definition) is 2. The summed E-state index contributed by atoms with van der Waals surface area (Å²) in [5, 5.41) is 6.91. The number of benzene rings is 1. The molecular formula is C21H36N4O. The minimum atomic E-state index is 0.0288. The molecule has 0 amide bonds. The molecule has 146 valence electrons. The first kappa shape index (κ1) is 20.7. The first-order valence-electron chi connectivity index (χ1n) is 9.76. The number of morpholine rings is 1. The smallest absolute Gasteiger partial charge is 0.191 e. The maximum atomic E-state index is 5.47. The maximum absolute atomic E-state index is 5.47. The third-order valence-electron chi connectivity index (χ3n) is 5.09. The van der Waals surface area contributed by atoms with Crippen LogP contribution in [-0.4, -0.2) is 62.3 Å². The number of hydrogen-bond acceptors (Lipinski definition) is 3. The number of nitrogens with zero attached hydrogens (tertiary/aromatic N) is 2. The molecule has 1 aromatic carbocycles. The topological polar surface area (TPSA) is 48.9 Å². The van der Waals surface area contributed by atoms with Crippen molar-refractivity contribution in [2.45, 2.75) is 45.6 Å². The summed E-state index contributed by atoms with van der Waals surface area (Å²) in [4.78, 5) is 7.34. The summed E-state index contributed by atoms with van der Waals surface area (Å²) in [6, 6.07) is 10.6. The summed E-state index contributed by atoms with van der Waals surface area (Å²) >= 11 is 0. The Kier molecular flexibility index (Phi) is 7.47. The van der Waals surface area contributed by atoms with Gasteiger partial charge in [-0.3, -0.25) is 9.89 Å². The van der Waals surface area contributed by atoms with Gasteiger partial charge in [0.25, 0.3) is 0 Å². The highest BCUT2D eigenvalue weighted by atomic mass is 16.5. The van der Waals surface area contributed by atoms with Crippen LogP contribution in [0.3, 0.4) is 0 Å². The van der Waals surface area contributed by atoms with Crippen LogP contribution >= 0.6 is 0 Å². The molecule has 2 N–H and O–H groups in total. The van der Waals surface area contributed by atoms with Crippen molar-refractivity contribution in [3.05, 3.63) is 35.9 Å². The SMILES string of the molecule is CCNC(=NCC(C)(C)N1CCOCC1)NCC(C)(C)c1ccccc1. The van der Waals surface area contributed by atoms with Crippen LogP contribution in [0, 0.1) is 0 Å². The van der Waals surface area contributed by atoms with Crippen molar-refractivity contribution in [3.63, 3.8) is 0 Å². The second-order valence-electron chi connectivity index (χ2n) is 8.21. The molecule has 0 atom stereocenters. The second-order valence-corrected chi connectivity index (χ2v) is 8.21. The van der Waals surface area contributed by atoms with Crippen LogP contribution in [0.5, 0.6) is 0 Å². The standard InChI is InChI=1S/C21H36N4O/c1-6-22-19(23-16-20(2,3)18-10-8-7-9-11-18)24-17-21(4,5)25-12-14-26-15-13-25/h7-11H,6,12-17H2,1-5H3,(H2,22,23,24). The molecule has 26 heavy (non-hydrogen) atoms. The summed E-state index contributed by atoms with van der Waals surface area (Å²) in [7, 11) is 0. The monoisotopic (exact) mass is 360 g/mol. The molecular weight excluding hydrogens is 324 g/mol. The van der Waals surface area contributed by atoms with Crippen LogP contribution in [-0.2, 0) is 10.2 Å². The molecule has 0 bridgehead atoms. The van der Waals surface area contributed by atoms with E-state index in [1.807, 2.05) is 0 Å². The normalized spacial score (nSPS) is 17.2. The lowest BCUT2D eigenvalue weighted by Crippen LogP contribution is -2.52. The number of nitrogens with one attached hydrogen (secondary N) is 2. The zero-order valence-electron chi connectivity index (χ0n) is 17.1. The van der Waals surface area contributed by atoms with Crippen molar-refractivity contribution < 1.29 is 4.74 Å². The van der Waals surface area contributed by atoms with Crippen LogP contribution in [0.25, 0.3) is 0 Å². The van der Waals surface area contributed by atoms with Gasteiger partial charge in [0.1, 0.15) is 0 Å². The largest absolute Gasteiger partial charge is 0.379 e. The zero-order chi connectivity index (χ0) is 19.0. The minimum Gasteiger partial charge on any atom is -0.379 e. The van der Waals surface area contributed by atoms with E-state index in [-0.39, 0.29) is 11.0 Å². The van der Waals surface area contributed by atoms with Gasteiger partial charge >= 0.3 is 0 Å². The van der Waals surface area contributed by atoms with E-state index in [9.17, 15) is 0 Å². The van der Waals surface area contributed by atoms with E-state index in [4.69, 9.17) is 9.73 Å². The maximum Gasteiger partial charge on any atom is 0.191 e. The highest BCUT2D eigenvalue weighted by Gasteiger charge is 2.28. The Morgan fingerprint density at radius 3 is 2.35 bits per heavy atom. The van der Waals surface area contributed by atoms with Gasteiger partial charge in [0, 0.05) is 37.1 Å². The van der Waals surface area contributed by atoms with E-state index >= 15 is 0 Å². The van der Waals surface area contributed by atoms with Crippen molar-refractivity contribution in [1.29, 1.82) is 0 Å². The number of rotatable bonds is 7. The highest BCUT2D eigenvalue weighted by Crippen LogP contribution is 2.21. The Bertz CT molecular complexity index is 563. The first-order chi connectivity index (χ1) is 12.3. The van der Waals surface area contributed by atoms with Gasteiger partial charge in [-0.2, -0.15) is 0 Å². The van der Waals surface area contributed by atoms with E-state index in [1.54, 1.807) is 0 Å². The molecule has 1 heterocycles. The summed E-state index contributed by atoms with van der Waals surface area (Å²) in [5.74, 6) is 0.887. The van der Waals surface area contributed by atoms with Crippen LogP contribution in [0.2, 0.25) is 0 Å². The van der Waals surface area contributed by atoms with Crippen LogP contribution in [0.15, 0.2) is 35.3 Å². The molecule has 0 aliphatic carbocycles. The molecule has 0 spiro atoms. The van der Waals surface area contributed by atoms with E-state index in [2.05, 4.69) is 80.5 Å². The fraction of sp³-hybridized carbons (Fsp3) is 0.667. The number of guanidine groups is 1.